The number of carbonyl (C=O) groups excluding carboxylic acids is 1. The molecular weight excluding hydrogens is 386 g/mol. The van der Waals surface area contributed by atoms with Crippen molar-refractivity contribution >= 4 is 11.6 Å². The molecule has 0 heterocycles. The monoisotopic (exact) mass is 411 g/mol. The lowest BCUT2D eigenvalue weighted by atomic mass is 10.0. The molecule has 3 rings (SSSR count). The van der Waals surface area contributed by atoms with Crippen LogP contribution in [-0.4, -0.2) is 12.5 Å². The van der Waals surface area contributed by atoms with Crippen LogP contribution in [-0.2, 0) is 4.79 Å². The molecule has 0 aliphatic rings. The minimum atomic E-state index is -0.639. The van der Waals surface area contributed by atoms with Gasteiger partial charge in [0, 0.05) is 17.2 Å². The second-order valence-corrected chi connectivity index (χ2v) is 6.95. The van der Waals surface area contributed by atoms with Crippen LogP contribution in [0.5, 0.6) is 5.75 Å². The molecule has 3 aromatic rings. The van der Waals surface area contributed by atoms with E-state index in [9.17, 15) is 13.6 Å². The van der Waals surface area contributed by atoms with Crippen molar-refractivity contribution in [3.63, 3.8) is 0 Å². The van der Waals surface area contributed by atoms with Crippen LogP contribution >= 0.6 is 0 Å². The van der Waals surface area contributed by atoms with Crippen LogP contribution in [0, 0.1) is 11.6 Å². The highest BCUT2D eigenvalue weighted by molar-refractivity contribution is 5.95. The van der Waals surface area contributed by atoms with Crippen molar-refractivity contribution in [2.75, 3.05) is 11.9 Å². The summed E-state index contributed by atoms with van der Waals surface area (Å²) in [4.78, 5) is 13.2. The molecule has 0 bridgehead atoms. The van der Waals surface area contributed by atoms with Gasteiger partial charge in [-0.1, -0.05) is 42.5 Å². The number of amides is 1. The van der Waals surface area contributed by atoms with E-state index in [1.807, 2.05) is 49.4 Å². The van der Waals surface area contributed by atoms with E-state index in [0.717, 1.165) is 11.6 Å². The van der Waals surface area contributed by atoms with Crippen LogP contribution in [0.15, 0.2) is 72.8 Å². The second-order valence-electron chi connectivity index (χ2n) is 6.95. The Hall–Kier alpha value is -3.25. The van der Waals surface area contributed by atoms with Crippen molar-refractivity contribution in [3.8, 4) is 5.75 Å². The summed E-state index contributed by atoms with van der Waals surface area (Å²) in [6.07, 6.45) is 0. The predicted octanol–water partition coefficient (Wildman–Crippen LogP) is 4.37. The number of halogens is 2. The molecule has 3 N–H and O–H groups in total. The molecule has 30 heavy (non-hydrogen) atoms. The lowest BCUT2D eigenvalue weighted by molar-refractivity contribution is -0.719. The Morgan fingerprint density at radius 1 is 1.03 bits per heavy atom. The quantitative estimate of drug-likeness (QED) is 0.578. The van der Waals surface area contributed by atoms with Crippen molar-refractivity contribution in [3.05, 3.63) is 95.6 Å². The number of hydrogen-bond acceptors (Lipinski definition) is 2. The molecule has 0 unspecified atom stereocenters. The molecule has 4 nitrogen and oxygen atoms in total. The lowest BCUT2D eigenvalue weighted by Crippen LogP contribution is -2.87. The summed E-state index contributed by atoms with van der Waals surface area (Å²) in [7, 11) is 0. The zero-order chi connectivity index (χ0) is 21.5. The SMILES string of the molecule is CCOc1ccccc1NC(=O)[C@@H]([NH2+][C@H](C)c1ccc(F)cc1F)c1ccccc1. The van der Waals surface area contributed by atoms with E-state index < -0.39 is 23.7 Å². The standard InChI is InChI=1S/C24H24F2N2O2/c1-3-30-22-12-8-7-11-21(22)28-24(29)23(17-9-5-4-6-10-17)27-16(2)19-14-13-18(25)15-20(19)26/h4-16,23,27H,3H2,1-2H3,(H,28,29)/p+1/t16-,23+/m1/s1. The molecule has 0 spiro atoms. The van der Waals surface area contributed by atoms with Crippen LogP contribution in [0.25, 0.3) is 0 Å². The van der Waals surface area contributed by atoms with Crippen LogP contribution in [0.4, 0.5) is 14.5 Å². The highest BCUT2D eigenvalue weighted by atomic mass is 19.1. The predicted molar refractivity (Wildman–Crippen MR) is 112 cm³/mol. The van der Waals surface area contributed by atoms with Gasteiger partial charge in [-0.25, -0.2) is 8.78 Å². The minimum Gasteiger partial charge on any atom is -0.492 e. The van der Waals surface area contributed by atoms with E-state index in [-0.39, 0.29) is 5.91 Å². The fraction of sp³-hybridized carbons (Fsp3) is 0.208. The molecule has 156 valence electrons. The molecule has 0 saturated heterocycles. The van der Waals surface area contributed by atoms with E-state index in [2.05, 4.69) is 5.32 Å². The van der Waals surface area contributed by atoms with Crippen LogP contribution in [0.1, 0.15) is 37.1 Å². The van der Waals surface area contributed by atoms with E-state index in [1.165, 1.54) is 12.1 Å². The summed E-state index contributed by atoms with van der Waals surface area (Å²) in [5.74, 6) is -0.943. The lowest BCUT2D eigenvalue weighted by Gasteiger charge is -2.21. The summed E-state index contributed by atoms with van der Waals surface area (Å²) < 4.78 is 33.1. The van der Waals surface area contributed by atoms with E-state index >= 15 is 0 Å². The molecule has 3 aromatic carbocycles. The number of nitrogens with two attached hydrogens (primary N) is 1. The van der Waals surface area contributed by atoms with Gasteiger partial charge in [-0.3, -0.25) is 4.79 Å². The Morgan fingerprint density at radius 3 is 2.43 bits per heavy atom. The van der Waals surface area contributed by atoms with Crippen molar-refractivity contribution in [2.24, 2.45) is 0 Å². The van der Waals surface area contributed by atoms with Gasteiger partial charge in [0.05, 0.1) is 12.3 Å². The van der Waals surface area contributed by atoms with Gasteiger partial charge in [0.1, 0.15) is 23.4 Å². The van der Waals surface area contributed by atoms with E-state index in [4.69, 9.17) is 4.74 Å². The first-order valence-corrected chi connectivity index (χ1v) is 9.87. The molecule has 0 saturated carbocycles. The molecule has 0 fully saturated rings. The fourth-order valence-electron chi connectivity index (χ4n) is 3.34. The summed E-state index contributed by atoms with van der Waals surface area (Å²) in [5.41, 5.74) is 1.68. The summed E-state index contributed by atoms with van der Waals surface area (Å²) >= 11 is 0. The average Bonchev–Trinajstić information content (AvgIpc) is 2.74. The molecule has 0 aliphatic carbocycles. The Morgan fingerprint density at radius 2 is 1.73 bits per heavy atom. The topological polar surface area (TPSA) is 54.9 Å². The maximum atomic E-state index is 14.3. The molecule has 2 atom stereocenters. The molecule has 1 amide bonds. The largest absolute Gasteiger partial charge is 0.492 e. The number of benzene rings is 3. The van der Waals surface area contributed by atoms with Gasteiger partial charge in [-0.15, -0.1) is 0 Å². The average molecular weight is 411 g/mol. The summed E-state index contributed by atoms with van der Waals surface area (Å²) in [6, 6.07) is 18.9. The van der Waals surface area contributed by atoms with Gasteiger partial charge >= 0.3 is 0 Å². The normalized spacial score (nSPS) is 12.8. The highest BCUT2D eigenvalue weighted by Gasteiger charge is 2.28. The summed E-state index contributed by atoms with van der Waals surface area (Å²) in [6.45, 7) is 4.13. The van der Waals surface area contributed by atoms with E-state index in [0.29, 0.717) is 23.6 Å². The number of nitrogens with one attached hydrogen (secondary N) is 1. The van der Waals surface area contributed by atoms with Gasteiger partial charge < -0.3 is 15.4 Å². The second kappa shape index (κ2) is 9.98. The molecular formula is C24H25F2N2O2+. The number of hydrogen-bond donors (Lipinski definition) is 2. The third-order valence-electron chi connectivity index (χ3n) is 4.82. The van der Waals surface area contributed by atoms with Crippen LogP contribution in [0.2, 0.25) is 0 Å². The number of ether oxygens (including phenoxy) is 1. The maximum Gasteiger partial charge on any atom is 0.287 e. The van der Waals surface area contributed by atoms with Crippen LogP contribution < -0.4 is 15.4 Å². The van der Waals surface area contributed by atoms with Crippen LogP contribution in [0.3, 0.4) is 0 Å². The minimum absolute atomic E-state index is 0.261. The van der Waals surface area contributed by atoms with Crippen molar-refractivity contribution < 1.29 is 23.6 Å². The third kappa shape index (κ3) is 5.21. The van der Waals surface area contributed by atoms with E-state index in [1.54, 1.807) is 24.4 Å². The Labute approximate surface area is 174 Å². The smallest absolute Gasteiger partial charge is 0.287 e. The molecule has 0 aliphatic heterocycles. The zero-order valence-corrected chi connectivity index (χ0v) is 16.9. The van der Waals surface area contributed by atoms with Crippen molar-refractivity contribution in [1.82, 2.24) is 0 Å². The number of rotatable bonds is 8. The molecule has 0 aromatic heterocycles. The van der Waals surface area contributed by atoms with Gasteiger partial charge in [0.25, 0.3) is 5.91 Å². The van der Waals surface area contributed by atoms with Gasteiger partial charge in [-0.05, 0) is 38.1 Å². The number of para-hydroxylation sites is 2. The molecule has 0 radical (unpaired) electrons. The molecule has 6 heteroatoms. The number of quaternary nitrogens is 1. The highest BCUT2D eigenvalue weighted by Crippen LogP contribution is 2.25. The Kier molecular flexibility index (Phi) is 7.14. The first-order chi connectivity index (χ1) is 14.5. The third-order valence-corrected chi connectivity index (χ3v) is 4.82. The fourth-order valence-corrected chi connectivity index (χ4v) is 3.34. The van der Waals surface area contributed by atoms with Gasteiger partial charge in [-0.2, -0.15) is 0 Å². The number of carbonyl (C=O) groups is 1. The zero-order valence-electron chi connectivity index (χ0n) is 16.9. The summed E-state index contributed by atoms with van der Waals surface area (Å²) in [5, 5.41) is 4.69. The Balaban J connectivity index is 1.87. The van der Waals surface area contributed by atoms with Crippen molar-refractivity contribution in [2.45, 2.75) is 25.9 Å². The van der Waals surface area contributed by atoms with Crippen molar-refractivity contribution in [1.29, 1.82) is 0 Å². The Bertz CT molecular complexity index is 996. The first-order valence-electron chi connectivity index (χ1n) is 9.87. The van der Waals surface area contributed by atoms with Gasteiger partial charge in [0.15, 0.2) is 6.04 Å². The first kappa shape index (κ1) is 21.5. The van der Waals surface area contributed by atoms with Gasteiger partial charge in [0.2, 0.25) is 0 Å². The maximum absolute atomic E-state index is 14.3. The number of anilines is 1.